The molecule has 1 atom stereocenters. The molecule has 122 valence electrons. The van der Waals surface area contributed by atoms with Gasteiger partial charge in [0.05, 0.1) is 5.92 Å². The van der Waals surface area contributed by atoms with Crippen molar-refractivity contribution in [2.24, 2.45) is 5.92 Å². The second-order valence-electron chi connectivity index (χ2n) is 6.41. The first-order valence-electron chi connectivity index (χ1n) is 7.97. The molecule has 0 spiro atoms. The van der Waals surface area contributed by atoms with Crippen LogP contribution in [0.2, 0.25) is 0 Å². The molecule has 2 amide bonds. The maximum atomic E-state index is 12.7. The van der Waals surface area contributed by atoms with E-state index in [1.54, 1.807) is 4.90 Å². The van der Waals surface area contributed by atoms with Crippen LogP contribution in [0.3, 0.4) is 0 Å². The van der Waals surface area contributed by atoms with Crippen molar-refractivity contribution in [1.82, 2.24) is 4.90 Å². The number of piperidine rings is 1. The van der Waals surface area contributed by atoms with Gasteiger partial charge in [0, 0.05) is 36.2 Å². The van der Waals surface area contributed by atoms with Crippen molar-refractivity contribution in [2.75, 3.05) is 24.5 Å². The van der Waals surface area contributed by atoms with Gasteiger partial charge in [0.25, 0.3) is 0 Å². The Morgan fingerprint density at radius 2 is 2.00 bits per heavy atom. The molecule has 0 aliphatic carbocycles. The van der Waals surface area contributed by atoms with Crippen LogP contribution in [0.15, 0.2) is 34.8 Å². The summed E-state index contributed by atoms with van der Waals surface area (Å²) in [6.07, 6.45) is 2.06. The SMILES string of the molecule is C=C1CCN(C(=O)C2CC(=O)N(c3ccc(Br)c(C)c3)C2)CC1. The quantitative estimate of drug-likeness (QED) is 0.743. The zero-order chi connectivity index (χ0) is 16.6. The third-order valence-electron chi connectivity index (χ3n) is 4.71. The first-order valence-corrected chi connectivity index (χ1v) is 8.77. The van der Waals surface area contributed by atoms with E-state index in [1.807, 2.05) is 30.0 Å². The van der Waals surface area contributed by atoms with E-state index in [0.717, 1.165) is 41.7 Å². The highest BCUT2D eigenvalue weighted by molar-refractivity contribution is 9.10. The minimum absolute atomic E-state index is 0.0338. The second kappa shape index (κ2) is 6.48. The summed E-state index contributed by atoms with van der Waals surface area (Å²) in [7, 11) is 0. The van der Waals surface area contributed by atoms with Crippen LogP contribution in [0, 0.1) is 12.8 Å². The van der Waals surface area contributed by atoms with Crippen molar-refractivity contribution in [2.45, 2.75) is 26.2 Å². The molecule has 5 heteroatoms. The minimum atomic E-state index is -0.224. The van der Waals surface area contributed by atoms with Gasteiger partial charge in [-0.25, -0.2) is 0 Å². The molecule has 3 rings (SSSR count). The normalized spacial score (nSPS) is 21.9. The average molecular weight is 377 g/mol. The van der Waals surface area contributed by atoms with Gasteiger partial charge in [-0.15, -0.1) is 0 Å². The van der Waals surface area contributed by atoms with Crippen LogP contribution in [-0.4, -0.2) is 36.3 Å². The van der Waals surface area contributed by atoms with Crippen LogP contribution < -0.4 is 4.90 Å². The number of anilines is 1. The molecule has 2 aliphatic heterocycles. The smallest absolute Gasteiger partial charge is 0.228 e. The van der Waals surface area contributed by atoms with Crippen LogP contribution >= 0.6 is 15.9 Å². The number of nitrogens with zero attached hydrogens (tertiary/aromatic N) is 2. The number of hydrogen-bond acceptors (Lipinski definition) is 2. The topological polar surface area (TPSA) is 40.6 Å². The maximum Gasteiger partial charge on any atom is 0.228 e. The summed E-state index contributed by atoms with van der Waals surface area (Å²) >= 11 is 3.47. The van der Waals surface area contributed by atoms with E-state index in [2.05, 4.69) is 22.5 Å². The molecule has 2 aliphatic rings. The van der Waals surface area contributed by atoms with Gasteiger partial charge >= 0.3 is 0 Å². The van der Waals surface area contributed by atoms with E-state index in [-0.39, 0.29) is 17.7 Å². The summed E-state index contributed by atoms with van der Waals surface area (Å²) in [5.74, 6) is -0.0773. The zero-order valence-electron chi connectivity index (χ0n) is 13.3. The Hall–Kier alpha value is -1.62. The summed E-state index contributed by atoms with van der Waals surface area (Å²) < 4.78 is 1.02. The molecular weight excluding hydrogens is 356 g/mol. The van der Waals surface area contributed by atoms with Crippen LogP contribution in [0.5, 0.6) is 0 Å². The lowest BCUT2D eigenvalue weighted by molar-refractivity contribution is -0.136. The summed E-state index contributed by atoms with van der Waals surface area (Å²) in [6.45, 7) is 7.93. The molecule has 23 heavy (non-hydrogen) atoms. The molecule has 1 aromatic rings. The van der Waals surface area contributed by atoms with Crippen molar-refractivity contribution in [3.63, 3.8) is 0 Å². The van der Waals surface area contributed by atoms with E-state index >= 15 is 0 Å². The Kier molecular flexibility index (Phi) is 4.57. The number of carbonyl (C=O) groups excluding carboxylic acids is 2. The molecule has 1 unspecified atom stereocenters. The van der Waals surface area contributed by atoms with E-state index in [4.69, 9.17) is 0 Å². The molecule has 1 aromatic carbocycles. The van der Waals surface area contributed by atoms with E-state index in [1.165, 1.54) is 5.57 Å². The Morgan fingerprint density at radius 3 is 2.65 bits per heavy atom. The lowest BCUT2D eigenvalue weighted by atomic mass is 10.0. The lowest BCUT2D eigenvalue weighted by Gasteiger charge is -2.30. The third kappa shape index (κ3) is 3.34. The van der Waals surface area contributed by atoms with Crippen molar-refractivity contribution >= 4 is 33.4 Å². The number of carbonyl (C=O) groups is 2. The molecule has 0 N–H and O–H groups in total. The number of halogens is 1. The van der Waals surface area contributed by atoms with Gasteiger partial charge < -0.3 is 9.80 Å². The number of benzene rings is 1. The predicted molar refractivity (Wildman–Crippen MR) is 94.3 cm³/mol. The van der Waals surface area contributed by atoms with E-state index in [0.29, 0.717) is 13.0 Å². The number of amides is 2. The highest BCUT2D eigenvalue weighted by Crippen LogP contribution is 2.30. The van der Waals surface area contributed by atoms with Gasteiger partial charge in [-0.3, -0.25) is 9.59 Å². The number of likely N-dealkylation sites (tertiary alicyclic amines) is 1. The molecule has 0 radical (unpaired) electrons. The average Bonchev–Trinajstić information content (AvgIpc) is 2.92. The number of rotatable bonds is 2. The number of aryl methyl sites for hydroxylation is 1. The highest BCUT2D eigenvalue weighted by Gasteiger charge is 2.37. The zero-order valence-corrected chi connectivity index (χ0v) is 14.9. The molecule has 2 heterocycles. The van der Waals surface area contributed by atoms with E-state index < -0.39 is 0 Å². The molecule has 4 nitrogen and oxygen atoms in total. The van der Waals surface area contributed by atoms with Gasteiger partial charge in [0.2, 0.25) is 11.8 Å². The van der Waals surface area contributed by atoms with Crippen LogP contribution in [0.25, 0.3) is 0 Å². The lowest BCUT2D eigenvalue weighted by Crippen LogP contribution is -2.41. The maximum absolute atomic E-state index is 12.7. The van der Waals surface area contributed by atoms with Crippen molar-refractivity contribution in [1.29, 1.82) is 0 Å². The largest absolute Gasteiger partial charge is 0.342 e. The highest BCUT2D eigenvalue weighted by atomic mass is 79.9. The summed E-state index contributed by atoms with van der Waals surface area (Å²) in [6, 6.07) is 5.86. The molecule has 2 fully saturated rings. The first kappa shape index (κ1) is 16.2. The van der Waals surface area contributed by atoms with Crippen LogP contribution in [-0.2, 0) is 9.59 Å². The van der Waals surface area contributed by atoms with Gasteiger partial charge in [0.1, 0.15) is 0 Å². The predicted octanol–water partition coefficient (Wildman–Crippen LogP) is 3.29. The van der Waals surface area contributed by atoms with Crippen molar-refractivity contribution < 1.29 is 9.59 Å². The molecule has 2 saturated heterocycles. The van der Waals surface area contributed by atoms with Gasteiger partial charge in [0.15, 0.2) is 0 Å². The van der Waals surface area contributed by atoms with Crippen molar-refractivity contribution in [3.05, 3.63) is 40.4 Å². The van der Waals surface area contributed by atoms with Crippen molar-refractivity contribution in [3.8, 4) is 0 Å². The third-order valence-corrected chi connectivity index (χ3v) is 5.60. The Bertz CT molecular complexity index is 661. The van der Waals surface area contributed by atoms with Crippen LogP contribution in [0.4, 0.5) is 5.69 Å². The molecule has 0 bridgehead atoms. The van der Waals surface area contributed by atoms with E-state index in [9.17, 15) is 9.59 Å². The van der Waals surface area contributed by atoms with Gasteiger partial charge in [-0.2, -0.15) is 0 Å². The molecule has 0 aromatic heterocycles. The first-order chi connectivity index (χ1) is 11.0. The van der Waals surface area contributed by atoms with Gasteiger partial charge in [-0.05, 0) is 43.5 Å². The molecular formula is C18H21BrN2O2. The van der Waals surface area contributed by atoms with Gasteiger partial charge in [-0.1, -0.05) is 28.1 Å². The molecule has 0 saturated carbocycles. The minimum Gasteiger partial charge on any atom is -0.342 e. The summed E-state index contributed by atoms with van der Waals surface area (Å²) in [5, 5.41) is 0. The Morgan fingerprint density at radius 1 is 1.30 bits per heavy atom. The Balaban J connectivity index is 1.70. The monoisotopic (exact) mass is 376 g/mol. The van der Waals surface area contributed by atoms with Crippen LogP contribution in [0.1, 0.15) is 24.8 Å². The fourth-order valence-corrected chi connectivity index (χ4v) is 3.47. The summed E-state index contributed by atoms with van der Waals surface area (Å²) in [5.41, 5.74) is 3.17. The fourth-order valence-electron chi connectivity index (χ4n) is 3.22. The Labute approximate surface area is 145 Å². The fraction of sp³-hybridized carbons (Fsp3) is 0.444. The number of hydrogen-bond donors (Lipinski definition) is 0. The summed E-state index contributed by atoms with van der Waals surface area (Å²) in [4.78, 5) is 28.6. The second-order valence-corrected chi connectivity index (χ2v) is 7.27. The standard InChI is InChI=1S/C18H21BrN2O2/c1-12-5-7-20(8-6-12)18(23)14-10-17(22)21(11-14)15-3-4-16(19)13(2)9-15/h3-4,9,14H,1,5-8,10-11H2,2H3.